The fourth-order valence-corrected chi connectivity index (χ4v) is 1.19. The Kier molecular flexibility index (Phi) is 3.66. The lowest BCUT2D eigenvalue weighted by atomic mass is 10.3. The van der Waals surface area contributed by atoms with Crippen LogP contribution < -0.4 is 0 Å². The van der Waals surface area contributed by atoms with Gasteiger partial charge in [0.05, 0.1) is 13.2 Å². The molecule has 1 aliphatic rings. The molecular weight excluding hydrogens is 184 g/mol. The second-order valence-electron chi connectivity index (χ2n) is 3.48. The second-order valence-corrected chi connectivity index (χ2v) is 3.48. The maximum Gasteiger partial charge on any atom is 0.330 e. The van der Waals surface area contributed by atoms with E-state index in [0.717, 1.165) is 0 Å². The average molecular weight is 200 g/mol. The molecule has 1 atom stereocenters. The first-order valence-electron chi connectivity index (χ1n) is 4.70. The number of carbonyl (C=O) groups is 1. The van der Waals surface area contributed by atoms with Crippen molar-refractivity contribution in [1.29, 1.82) is 0 Å². The van der Waals surface area contributed by atoms with Crippen molar-refractivity contribution in [2.75, 3.05) is 13.2 Å². The predicted molar refractivity (Wildman–Crippen MR) is 50.7 cm³/mol. The summed E-state index contributed by atoms with van der Waals surface area (Å²) < 4.78 is 15.5. The molecule has 1 saturated heterocycles. The Morgan fingerprint density at radius 1 is 1.64 bits per heavy atom. The van der Waals surface area contributed by atoms with Crippen molar-refractivity contribution in [1.82, 2.24) is 0 Å². The molecule has 0 radical (unpaired) electrons. The normalized spacial score (nSPS) is 25.5. The van der Waals surface area contributed by atoms with Crippen LogP contribution in [0.3, 0.4) is 0 Å². The zero-order chi connectivity index (χ0) is 10.6. The molecule has 0 spiro atoms. The van der Waals surface area contributed by atoms with E-state index in [-0.39, 0.29) is 12.1 Å². The monoisotopic (exact) mass is 200 g/mol. The highest BCUT2D eigenvalue weighted by atomic mass is 16.7. The fourth-order valence-electron chi connectivity index (χ4n) is 1.19. The van der Waals surface area contributed by atoms with E-state index < -0.39 is 5.79 Å². The van der Waals surface area contributed by atoms with E-state index in [1.807, 2.05) is 13.8 Å². The van der Waals surface area contributed by atoms with E-state index in [0.29, 0.717) is 13.2 Å². The van der Waals surface area contributed by atoms with Gasteiger partial charge in [0.15, 0.2) is 5.79 Å². The molecule has 1 rings (SSSR count). The zero-order valence-electron chi connectivity index (χ0n) is 8.78. The Morgan fingerprint density at radius 3 is 2.86 bits per heavy atom. The minimum atomic E-state index is -0.552. The van der Waals surface area contributed by atoms with E-state index in [2.05, 4.69) is 0 Å². The third-order valence-electron chi connectivity index (χ3n) is 1.76. The molecule has 1 fully saturated rings. The summed E-state index contributed by atoms with van der Waals surface area (Å²) in [6.07, 6.45) is 2.88. The van der Waals surface area contributed by atoms with E-state index in [1.54, 1.807) is 13.0 Å². The summed E-state index contributed by atoms with van der Waals surface area (Å²) in [5.74, 6) is -0.898. The number of ether oxygens (including phenoxy) is 3. The summed E-state index contributed by atoms with van der Waals surface area (Å²) >= 11 is 0. The summed E-state index contributed by atoms with van der Waals surface area (Å²) in [7, 11) is 0. The lowest BCUT2D eigenvalue weighted by molar-refractivity contribution is -0.138. The summed E-state index contributed by atoms with van der Waals surface area (Å²) in [5, 5.41) is 0. The van der Waals surface area contributed by atoms with Gasteiger partial charge in [-0.2, -0.15) is 0 Å². The van der Waals surface area contributed by atoms with Crippen LogP contribution in [-0.2, 0) is 19.0 Å². The van der Waals surface area contributed by atoms with Gasteiger partial charge in [-0.25, -0.2) is 4.79 Å². The van der Waals surface area contributed by atoms with Crippen molar-refractivity contribution < 1.29 is 19.0 Å². The zero-order valence-corrected chi connectivity index (χ0v) is 8.78. The molecule has 4 heteroatoms. The van der Waals surface area contributed by atoms with Gasteiger partial charge in [0, 0.05) is 6.08 Å². The highest BCUT2D eigenvalue weighted by Crippen LogP contribution is 2.22. The molecule has 14 heavy (non-hydrogen) atoms. The summed E-state index contributed by atoms with van der Waals surface area (Å²) in [6, 6.07) is 0. The maximum atomic E-state index is 11.0. The first kappa shape index (κ1) is 11.2. The summed E-state index contributed by atoms with van der Waals surface area (Å²) in [5.41, 5.74) is 0. The van der Waals surface area contributed by atoms with Gasteiger partial charge in [0.25, 0.3) is 0 Å². The van der Waals surface area contributed by atoms with Gasteiger partial charge in [-0.05, 0) is 26.8 Å². The Balaban J connectivity index is 2.35. The minimum absolute atomic E-state index is 0.158. The molecule has 0 saturated carbocycles. The molecular formula is C10H16O4. The third kappa shape index (κ3) is 3.47. The molecule has 4 nitrogen and oxygen atoms in total. The fraction of sp³-hybridized carbons (Fsp3) is 0.700. The second kappa shape index (κ2) is 4.57. The maximum absolute atomic E-state index is 11.0. The Hall–Kier alpha value is -0.870. The molecule has 80 valence electrons. The van der Waals surface area contributed by atoms with Crippen LogP contribution in [0, 0.1) is 0 Å². The van der Waals surface area contributed by atoms with Gasteiger partial charge < -0.3 is 14.2 Å². The first-order chi connectivity index (χ1) is 6.53. The minimum Gasteiger partial charge on any atom is -0.463 e. The van der Waals surface area contributed by atoms with Crippen LogP contribution in [0.1, 0.15) is 20.8 Å². The highest BCUT2D eigenvalue weighted by molar-refractivity contribution is 5.81. The number of rotatable bonds is 3. The van der Waals surface area contributed by atoms with Crippen molar-refractivity contribution in [3.05, 3.63) is 12.2 Å². The number of carbonyl (C=O) groups excluding carboxylic acids is 1. The van der Waals surface area contributed by atoms with E-state index >= 15 is 0 Å². The molecule has 0 aromatic carbocycles. The van der Waals surface area contributed by atoms with Gasteiger partial charge in [-0.3, -0.25) is 0 Å². The van der Waals surface area contributed by atoms with E-state index in [9.17, 15) is 4.79 Å². The first-order valence-corrected chi connectivity index (χ1v) is 4.70. The summed E-state index contributed by atoms with van der Waals surface area (Å²) in [4.78, 5) is 11.0. The van der Waals surface area contributed by atoms with Gasteiger partial charge in [0.1, 0.15) is 6.10 Å². The highest BCUT2D eigenvalue weighted by Gasteiger charge is 2.31. The molecule has 0 aromatic heterocycles. The standard InChI is InChI=1S/C10H16O4/c1-4-12-9(11)6-5-8-7-13-10(2,3)14-8/h5-6,8H,4,7H2,1-3H3/t8-/m0/s1. The van der Waals surface area contributed by atoms with Crippen LogP contribution in [0.15, 0.2) is 12.2 Å². The number of hydrogen-bond acceptors (Lipinski definition) is 4. The van der Waals surface area contributed by atoms with E-state index in [1.165, 1.54) is 6.08 Å². The van der Waals surface area contributed by atoms with Gasteiger partial charge in [-0.1, -0.05) is 0 Å². The SMILES string of the molecule is CCOC(=O)C=C[C@H]1COC(C)(C)O1. The lowest BCUT2D eigenvalue weighted by Crippen LogP contribution is -2.20. The number of esters is 1. The quantitative estimate of drug-likeness (QED) is 0.508. The lowest BCUT2D eigenvalue weighted by Gasteiger charge is -2.15. The Bertz CT molecular complexity index is 232. The molecule has 0 bridgehead atoms. The van der Waals surface area contributed by atoms with Crippen LogP contribution in [0.5, 0.6) is 0 Å². The van der Waals surface area contributed by atoms with Crippen molar-refractivity contribution >= 4 is 5.97 Å². The molecule has 0 unspecified atom stereocenters. The predicted octanol–water partition coefficient (Wildman–Crippen LogP) is 1.26. The van der Waals surface area contributed by atoms with E-state index in [4.69, 9.17) is 14.2 Å². The molecule has 0 N–H and O–H groups in total. The van der Waals surface area contributed by atoms with Crippen molar-refractivity contribution in [2.45, 2.75) is 32.7 Å². The van der Waals surface area contributed by atoms with Crippen LogP contribution in [0.4, 0.5) is 0 Å². The molecule has 0 amide bonds. The van der Waals surface area contributed by atoms with Gasteiger partial charge >= 0.3 is 5.97 Å². The van der Waals surface area contributed by atoms with Crippen molar-refractivity contribution in [3.8, 4) is 0 Å². The number of hydrogen-bond donors (Lipinski definition) is 0. The smallest absolute Gasteiger partial charge is 0.330 e. The largest absolute Gasteiger partial charge is 0.463 e. The average Bonchev–Trinajstić information content (AvgIpc) is 2.43. The van der Waals surface area contributed by atoms with Gasteiger partial charge in [-0.15, -0.1) is 0 Å². The van der Waals surface area contributed by atoms with Crippen LogP contribution >= 0.6 is 0 Å². The topological polar surface area (TPSA) is 44.8 Å². The summed E-state index contributed by atoms with van der Waals surface area (Å²) in [6.45, 7) is 6.31. The van der Waals surface area contributed by atoms with Crippen molar-refractivity contribution in [2.24, 2.45) is 0 Å². The molecule has 1 heterocycles. The van der Waals surface area contributed by atoms with Crippen molar-refractivity contribution in [3.63, 3.8) is 0 Å². The molecule has 1 aliphatic heterocycles. The Morgan fingerprint density at radius 2 is 2.36 bits per heavy atom. The third-order valence-corrected chi connectivity index (χ3v) is 1.76. The Labute approximate surface area is 83.8 Å². The van der Waals surface area contributed by atoms with Crippen LogP contribution in [-0.4, -0.2) is 31.1 Å². The molecule has 0 aromatic rings. The van der Waals surface area contributed by atoms with Crippen LogP contribution in [0.25, 0.3) is 0 Å². The van der Waals surface area contributed by atoms with Gasteiger partial charge in [0.2, 0.25) is 0 Å². The van der Waals surface area contributed by atoms with Crippen LogP contribution in [0.2, 0.25) is 0 Å². The molecule has 0 aliphatic carbocycles.